The molecule has 46 heavy (non-hydrogen) atoms. The molecule has 0 heterocycles. The Hall–Kier alpha value is -6.30. The maximum Gasteiger partial charge on any atom is 0.269 e. The van der Waals surface area contributed by atoms with E-state index in [1.165, 1.54) is 60.7 Å². The number of carbonyl (C=O) groups excluding carboxylic acids is 2. The number of non-ortho nitro benzene ring substituents is 2. The number of nitro groups is 2. The third-order valence-electron chi connectivity index (χ3n) is 6.33. The number of hydrogen-bond donors (Lipinski definition) is 0. The molecule has 4 rings (SSSR count). The van der Waals surface area contributed by atoms with Crippen molar-refractivity contribution in [3.63, 3.8) is 0 Å². The average molecular weight is 627 g/mol. The van der Waals surface area contributed by atoms with Gasteiger partial charge < -0.3 is 18.9 Å². The quantitative estimate of drug-likeness (QED) is 0.0693. The molecule has 4 aromatic carbocycles. The maximum absolute atomic E-state index is 12.1. The van der Waals surface area contributed by atoms with Gasteiger partial charge in [0.15, 0.2) is 11.6 Å². The van der Waals surface area contributed by atoms with Crippen LogP contribution >= 0.6 is 0 Å². The highest BCUT2D eigenvalue weighted by Crippen LogP contribution is 2.25. The zero-order valence-electron chi connectivity index (χ0n) is 25.4. The lowest BCUT2D eigenvalue weighted by molar-refractivity contribution is -0.385. The molecular weight excluding hydrogens is 596 g/mol. The summed E-state index contributed by atoms with van der Waals surface area (Å²) in [6.45, 7) is 0. The first-order chi connectivity index (χ1) is 22.1. The molecule has 0 aliphatic rings. The Bertz CT molecular complexity index is 1590. The predicted octanol–water partition coefficient (Wildman–Crippen LogP) is 7.02. The molecule has 0 spiro atoms. The van der Waals surface area contributed by atoms with Gasteiger partial charge in [-0.3, -0.25) is 29.8 Å². The second-order valence-corrected chi connectivity index (χ2v) is 9.30. The first-order valence-electron chi connectivity index (χ1n) is 13.5. The maximum atomic E-state index is 12.1. The van der Waals surface area contributed by atoms with Crippen LogP contribution in [0.4, 0.5) is 11.4 Å². The molecule has 0 saturated heterocycles. The zero-order chi connectivity index (χ0) is 33.6. The van der Waals surface area contributed by atoms with Crippen LogP contribution in [0.25, 0.3) is 12.2 Å². The number of ketones is 2. The number of allylic oxidation sites excluding steroid dienone is 2. The van der Waals surface area contributed by atoms with Gasteiger partial charge in [0.25, 0.3) is 11.4 Å². The Balaban J connectivity index is 0.000000250. The number of ether oxygens (including phenoxy) is 4. The largest absolute Gasteiger partial charge is 0.497 e. The SMILES string of the molecule is COc1cc(/C=C/C(=O)c2ccc([N+](=O)[O-])cc2)cc(OC)c1.COc1cc(/C=C/C(=O)c2ccc([N+](=O)[O-])cc2)cc(OC)c1. The molecule has 0 unspecified atom stereocenters. The molecule has 0 aliphatic carbocycles. The van der Waals surface area contributed by atoms with Crippen molar-refractivity contribution in [3.8, 4) is 23.0 Å². The fraction of sp³-hybridized carbons (Fsp3) is 0.118. The van der Waals surface area contributed by atoms with Crippen LogP contribution in [0.15, 0.2) is 97.1 Å². The van der Waals surface area contributed by atoms with Crippen LogP contribution in [0.1, 0.15) is 31.8 Å². The molecule has 0 N–H and O–H groups in total. The van der Waals surface area contributed by atoms with Crippen molar-refractivity contribution < 1.29 is 38.4 Å². The lowest BCUT2D eigenvalue weighted by Crippen LogP contribution is -1.95. The van der Waals surface area contributed by atoms with Crippen LogP contribution < -0.4 is 18.9 Å². The van der Waals surface area contributed by atoms with Crippen molar-refractivity contribution in [1.82, 2.24) is 0 Å². The van der Waals surface area contributed by atoms with E-state index in [0.717, 1.165) is 11.1 Å². The highest BCUT2D eigenvalue weighted by atomic mass is 16.6. The van der Waals surface area contributed by atoms with Gasteiger partial charge in [0.1, 0.15) is 23.0 Å². The molecule has 0 aliphatic heterocycles. The Kier molecular flexibility index (Phi) is 12.3. The van der Waals surface area contributed by atoms with Crippen molar-refractivity contribution in [2.75, 3.05) is 28.4 Å². The molecule has 12 nitrogen and oxygen atoms in total. The highest BCUT2D eigenvalue weighted by Gasteiger charge is 2.09. The average Bonchev–Trinajstić information content (AvgIpc) is 3.09. The minimum atomic E-state index is -0.507. The molecule has 0 fully saturated rings. The standard InChI is InChI=1S/2C17H15NO5/c2*1-22-15-9-12(10-16(11-15)23-2)3-8-17(19)13-4-6-14(7-5-13)18(20)21/h2*3-11H,1-2H3/b2*8-3+. The lowest BCUT2D eigenvalue weighted by atomic mass is 10.1. The molecule has 12 heteroatoms. The molecular formula is C34H30N2O10. The van der Waals surface area contributed by atoms with Crippen LogP contribution in [-0.2, 0) is 0 Å². The van der Waals surface area contributed by atoms with Gasteiger partial charge in [-0.15, -0.1) is 0 Å². The Morgan fingerprint density at radius 1 is 0.522 bits per heavy atom. The fourth-order valence-corrected chi connectivity index (χ4v) is 3.88. The number of nitro benzene ring substituents is 2. The summed E-state index contributed by atoms with van der Waals surface area (Å²) in [6, 6.07) is 21.4. The molecule has 0 bridgehead atoms. The molecule has 0 amide bonds. The van der Waals surface area contributed by atoms with Crippen molar-refractivity contribution in [2.24, 2.45) is 0 Å². The van der Waals surface area contributed by atoms with E-state index in [1.54, 1.807) is 77.0 Å². The first-order valence-corrected chi connectivity index (χ1v) is 13.5. The summed E-state index contributed by atoms with van der Waals surface area (Å²) in [5.74, 6) is 1.97. The molecule has 0 saturated carbocycles. The summed E-state index contributed by atoms with van der Waals surface area (Å²) in [5.41, 5.74) is 2.14. The van der Waals surface area contributed by atoms with Crippen molar-refractivity contribution in [1.29, 1.82) is 0 Å². The van der Waals surface area contributed by atoms with Crippen molar-refractivity contribution in [2.45, 2.75) is 0 Å². The monoisotopic (exact) mass is 626 g/mol. The Labute approximate surface area is 264 Å². The second-order valence-electron chi connectivity index (χ2n) is 9.30. The van der Waals surface area contributed by atoms with Crippen molar-refractivity contribution in [3.05, 3.63) is 140 Å². The second kappa shape index (κ2) is 16.5. The number of benzene rings is 4. The molecule has 0 radical (unpaired) electrons. The van der Waals surface area contributed by atoms with E-state index in [2.05, 4.69) is 0 Å². The molecule has 4 aromatic rings. The topological polar surface area (TPSA) is 157 Å². The van der Waals surface area contributed by atoms with E-state index in [1.807, 2.05) is 0 Å². The number of carbonyl (C=O) groups is 2. The normalized spacial score (nSPS) is 10.5. The number of methoxy groups -OCH3 is 4. The minimum Gasteiger partial charge on any atom is -0.497 e. The van der Waals surface area contributed by atoms with Gasteiger partial charge in [-0.2, -0.15) is 0 Å². The summed E-state index contributed by atoms with van der Waals surface area (Å²) in [6.07, 6.45) is 6.06. The van der Waals surface area contributed by atoms with E-state index in [-0.39, 0.29) is 22.9 Å². The van der Waals surface area contributed by atoms with Gasteiger partial charge in [0.2, 0.25) is 0 Å². The van der Waals surface area contributed by atoms with Gasteiger partial charge in [0, 0.05) is 47.5 Å². The van der Waals surface area contributed by atoms with Crippen LogP contribution in [0.2, 0.25) is 0 Å². The van der Waals surface area contributed by atoms with Gasteiger partial charge in [-0.25, -0.2) is 0 Å². The number of rotatable bonds is 12. The Morgan fingerprint density at radius 3 is 1.04 bits per heavy atom. The van der Waals surface area contributed by atoms with Gasteiger partial charge in [-0.05, 0) is 71.8 Å². The number of hydrogen-bond acceptors (Lipinski definition) is 10. The molecule has 0 aromatic heterocycles. The van der Waals surface area contributed by atoms with E-state index in [0.29, 0.717) is 34.1 Å². The van der Waals surface area contributed by atoms with Gasteiger partial charge >= 0.3 is 0 Å². The third kappa shape index (κ3) is 9.88. The summed E-state index contributed by atoms with van der Waals surface area (Å²) in [7, 11) is 6.18. The van der Waals surface area contributed by atoms with Crippen LogP contribution in [0, 0.1) is 20.2 Å². The summed E-state index contributed by atoms with van der Waals surface area (Å²) in [4.78, 5) is 44.4. The molecule has 236 valence electrons. The summed E-state index contributed by atoms with van der Waals surface area (Å²) >= 11 is 0. The van der Waals surface area contributed by atoms with Crippen LogP contribution in [-0.4, -0.2) is 49.9 Å². The van der Waals surface area contributed by atoms with Gasteiger partial charge in [-0.1, -0.05) is 12.2 Å². The Morgan fingerprint density at radius 2 is 0.804 bits per heavy atom. The summed E-state index contributed by atoms with van der Waals surface area (Å²) < 4.78 is 20.6. The van der Waals surface area contributed by atoms with Crippen molar-refractivity contribution >= 4 is 35.1 Å². The van der Waals surface area contributed by atoms with Gasteiger partial charge in [0.05, 0.1) is 38.3 Å². The minimum absolute atomic E-state index is 0.0527. The fourth-order valence-electron chi connectivity index (χ4n) is 3.88. The smallest absolute Gasteiger partial charge is 0.269 e. The third-order valence-corrected chi connectivity index (χ3v) is 6.33. The predicted molar refractivity (Wildman–Crippen MR) is 172 cm³/mol. The first kappa shape index (κ1) is 34.2. The lowest BCUT2D eigenvalue weighted by Gasteiger charge is -2.05. The molecule has 0 atom stereocenters. The summed E-state index contributed by atoms with van der Waals surface area (Å²) in [5, 5.41) is 21.2. The van der Waals surface area contributed by atoms with Crippen LogP contribution in [0.3, 0.4) is 0 Å². The number of nitrogens with zero attached hydrogens (tertiary/aromatic N) is 2. The highest BCUT2D eigenvalue weighted by molar-refractivity contribution is 6.07. The van der Waals surface area contributed by atoms with E-state index in [4.69, 9.17) is 18.9 Å². The van der Waals surface area contributed by atoms with E-state index in [9.17, 15) is 29.8 Å². The van der Waals surface area contributed by atoms with E-state index < -0.39 is 9.85 Å². The van der Waals surface area contributed by atoms with Crippen LogP contribution in [0.5, 0.6) is 23.0 Å². The zero-order valence-corrected chi connectivity index (χ0v) is 25.4. The van der Waals surface area contributed by atoms with E-state index >= 15 is 0 Å².